The number of nitrogens with zero attached hydrogens (tertiary/aromatic N) is 1. The molecule has 15 heavy (non-hydrogen) atoms. The molecule has 1 N–H and O–H groups in total. The molecule has 1 rings (SSSR count). The molecular weight excluding hydrogens is 216 g/mol. The van der Waals surface area contributed by atoms with E-state index in [2.05, 4.69) is 0 Å². The first-order chi connectivity index (χ1) is 6.70. The molecule has 0 atom stereocenters. The van der Waals surface area contributed by atoms with E-state index in [-0.39, 0.29) is 17.6 Å². The van der Waals surface area contributed by atoms with Crippen molar-refractivity contribution in [3.8, 4) is 0 Å². The Bertz CT molecular complexity index is 329. The molecule has 0 spiro atoms. The maximum atomic E-state index is 11.6. The Hall–Kier alpha value is -0.780. The van der Waals surface area contributed by atoms with Crippen LogP contribution in [0.4, 0.5) is 4.79 Å². The van der Waals surface area contributed by atoms with Gasteiger partial charge in [-0.15, -0.1) is 0 Å². The van der Waals surface area contributed by atoms with Gasteiger partial charge in [-0.1, -0.05) is 0 Å². The fraction of sp³-hybridized carbons (Fsp3) is 0.889. The van der Waals surface area contributed by atoms with Crippen LogP contribution in [0.15, 0.2) is 0 Å². The van der Waals surface area contributed by atoms with Crippen LogP contribution in [0.5, 0.6) is 0 Å². The summed E-state index contributed by atoms with van der Waals surface area (Å²) in [4.78, 5) is 13.1. The molecular formula is C9H18N2O3S. The van der Waals surface area contributed by atoms with Crippen LogP contribution in [0.25, 0.3) is 0 Å². The fourth-order valence-corrected chi connectivity index (χ4v) is 2.47. The number of amides is 1. The molecule has 1 aliphatic rings. The van der Waals surface area contributed by atoms with E-state index in [1.165, 1.54) is 4.90 Å². The first-order valence-corrected chi connectivity index (χ1v) is 6.81. The van der Waals surface area contributed by atoms with Gasteiger partial charge in [0, 0.05) is 34.3 Å². The highest BCUT2D eigenvalue weighted by Crippen LogP contribution is 2.12. The highest BCUT2D eigenvalue weighted by molar-refractivity contribution is 7.92. The molecule has 0 aliphatic carbocycles. The average Bonchev–Trinajstić information content (AvgIpc) is 2.00. The second-order valence-electron chi connectivity index (χ2n) is 4.69. The Balaban J connectivity index is 2.51. The molecule has 0 saturated carbocycles. The van der Waals surface area contributed by atoms with Gasteiger partial charge < -0.3 is 9.64 Å². The summed E-state index contributed by atoms with van der Waals surface area (Å²) in [6.07, 6.45) is -0.377. The van der Waals surface area contributed by atoms with Gasteiger partial charge in [0.25, 0.3) is 0 Å². The smallest absolute Gasteiger partial charge is 0.410 e. The number of hydrogen-bond acceptors (Lipinski definition) is 4. The summed E-state index contributed by atoms with van der Waals surface area (Å²) in [6.45, 7) is 6.14. The monoisotopic (exact) mass is 234 g/mol. The standard InChI is InChI=1S/C9H18N2O3S/c1-9(2,3)14-8(12)11-4-6-15(10,13)7-5-11/h10H,4-7H2,1-3H3. The van der Waals surface area contributed by atoms with Gasteiger partial charge >= 0.3 is 6.09 Å². The Morgan fingerprint density at radius 2 is 1.80 bits per heavy atom. The fourth-order valence-electron chi connectivity index (χ4n) is 1.24. The molecule has 1 fully saturated rings. The van der Waals surface area contributed by atoms with Crippen LogP contribution in [-0.4, -0.2) is 45.4 Å². The Morgan fingerprint density at radius 3 is 2.20 bits per heavy atom. The molecule has 1 heterocycles. The number of hydrogen-bond donors (Lipinski definition) is 1. The molecule has 88 valence electrons. The van der Waals surface area contributed by atoms with Crippen LogP contribution in [0.3, 0.4) is 0 Å². The average molecular weight is 234 g/mol. The summed E-state index contributed by atoms with van der Waals surface area (Å²) in [5.74, 6) is 0.512. The van der Waals surface area contributed by atoms with Crippen molar-refractivity contribution < 1.29 is 13.7 Å². The van der Waals surface area contributed by atoms with Crippen LogP contribution in [0.1, 0.15) is 20.8 Å². The number of carbonyl (C=O) groups excluding carboxylic acids is 1. The van der Waals surface area contributed by atoms with E-state index in [1.807, 2.05) is 20.8 Å². The Kier molecular flexibility index (Phi) is 3.28. The predicted octanol–water partition coefficient (Wildman–Crippen LogP) is 1.28. The third-order valence-corrected chi connectivity index (χ3v) is 3.72. The van der Waals surface area contributed by atoms with Crippen molar-refractivity contribution in [2.24, 2.45) is 0 Å². The molecule has 1 saturated heterocycles. The zero-order valence-electron chi connectivity index (χ0n) is 9.41. The normalized spacial score (nSPS) is 21.1. The van der Waals surface area contributed by atoms with Crippen LogP contribution in [-0.2, 0) is 14.5 Å². The molecule has 1 amide bonds. The molecule has 0 radical (unpaired) electrons. The summed E-state index contributed by atoms with van der Waals surface area (Å²) in [5, 5.41) is 0. The van der Waals surface area contributed by atoms with Crippen molar-refractivity contribution in [1.29, 1.82) is 4.78 Å². The van der Waals surface area contributed by atoms with Crippen LogP contribution in [0, 0.1) is 4.78 Å². The third-order valence-electron chi connectivity index (χ3n) is 2.03. The molecule has 0 bridgehead atoms. The topological polar surface area (TPSA) is 70.5 Å². The van der Waals surface area contributed by atoms with E-state index < -0.39 is 15.3 Å². The van der Waals surface area contributed by atoms with Gasteiger partial charge in [-0.3, -0.25) is 4.78 Å². The van der Waals surface area contributed by atoms with Crippen LogP contribution < -0.4 is 0 Å². The lowest BCUT2D eigenvalue weighted by molar-refractivity contribution is 0.0268. The quantitative estimate of drug-likeness (QED) is 0.686. The summed E-state index contributed by atoms with van der Waals surface area (Å²) >= 11 is 0. The van der Waals surface area contributed by atoms with Gasteiger partial charge in [-0.2, -0.15) is 0 Å². The lowest BCUT2D eigenvalue weighted by Crippen LogP contribution is -2.45. The van der Waals surface area contributed by atoms with Gasteiger partial charge in [-0.25, -0.2) is 9.00 Å². The molecule has 0 aromatic carbocycles. The van der Waals surface area contributed by atoms with E-state index in [4.69, 9.17) is 9.52 Å². The summed E-state index contributed by atoms with van der Waals surface area (Å²) < 4.78 is 23.9. The third kappa shape index (κ3) is 4.07. The van der Waals surface area contributed by atoms with E-state index >= 15 is 0 Å². The Labute approximate surface area is 90.8 Å². The van der Waals surface area contributed by atoms with Crippen molar-refractivity contribution in [2.45, 2.75) is 26.4 Å². The zero-order valence-corrected chi connectivity index (χ0v) is 10.2. The van der Waals surface area contributed by atoms with E-state index in [0.29, 0.717) is 13.1 Å². The van der Waals surface area contributed by atoms with Crippen molar-refractivity contribution in [2.75, 3.05) is 24.6 Å². The highest BCUT2D eigenvalue weighted by atomic mass is 32.2. The van der Waals surface area contributed by atoms with Gasteiger partial charge in [-0.05, 0) is 20.8 Å². The summed E-state index contributed by atoms with van der Waals surface area (Å²) in [6, 6.07) is 0. The van der Waals surface area contributed by atoms with Crippen molar-refractivity contribution in [3.05, 3.63) is 0 Å². The van der Waals surface area contributed by atoms with E-state index in [1.54, 1.807) is 0 Å². The lowest BCUT2D eigenvalue weighted by atomic mass is 10.2. The highest BCUT2D eigenvalue weighted by Gasteiger charge is 2.26. The minimum absolute atomic E-state index is 0.256. The number of rotatable bonds is 0. The molecule has 0 aromatic rings. The summed E-state index contributed by atoms with van der Waals surface area (Å²) in [7, 11) is -2.44. The largest absolute Gasteiger partial charge is 0.444 e. The Morgan fingerprint density at radius 1 is 1.33 bits per heavy atom. The number of carbonyl (C=O) groups is 1. The molecule has 1 aliphatic heterocycles. The van der Waals surface area contributed by atoms with Crippen LogP contribution in [0.2, 0.25) is 0 Å². The van der Waals surface area contributed by atoms with Crippen LogP contribution >= 0.6 is 0 Å². The van der Waals surface area contributed by atoms with Gasteiger partial charge in [0.2, 0.25) is 0 Å². The SMILES string of the molecule is CC(C)(C)OC(=O)N1CCS(=N)(=O)CC1. The summed E-state index contributed by atoms with van der Waals surface area (Å²) in [5.41, 5.74) is -0.503. The van der Waals surface area contributed by atoms with Crippen molar-refractivity contribution >= 4 is 15.8 Å². The first-order valence-electron chi connectivity index (χ1n) is 4.92. The van der Waals surface area contributed by atoms with E-state index in [9.17, 15) is 9.00 Å². The van der Waals surface area contributed by atoms with Gasteiger partial charge in [0.1, 0.15) is 5.60 Å². The van der Waals surface area contributed by atoms with Gasteiger partial charge in [0.15, 0.2) is 0 Å². The number of ether oxygens (including phenoxy) is 1. The molecule has 0 unspecified atom stereocenters. The molecule has 5 nitrogen and oxygen atoms in total. The van der Waals surface area contributed by atoms with Crippen molar-refractivity contribution in [3.63, 3.8) is 0 Å². The van der Waals surface area contributed by atoms with Crippen molar-refractivity contribution in [1.82, 2.24) is 4.90 Å². The minimum Gasteiger partial charge on any atom is -0.444 e. The van der Waals surface area contributed by atoms with E-state index in [0.717, 1.165) is 0 Å². The number of nitrogens with one attached hydrogen (secondary N) is 1. The van der Waals surface area contributed by atoms with Gasteiger partial charge in [0.05, 0.1) is 0 Å². The molecule has 6 heteroatoms. The zero-order chi connectivity index (χ0) is 11.7. The second kappa shape index (κ2) is 4.00. The first kappa shape index (κ1) is 12.3. The predicted molar refractivity (Wildman–Crippen MR) is 58.4 cm³/mol. The lowest BCUT2D eigenvalue weighted by Gasteiger charge is -2.30. The maximum Gasteiger partial charge on any atom is 0.410 e. The maximum absolute atomic E-state index is 11.6. The second-order valence-corrected chi connectivity index (χ2v) is 7.13. The minimum atomic E-state index is -2.44. The molecule has 0 aromatic heterocycles.